The van der Waals surface area contributed by atoms with Crippen molar-refractivity contribution in [1.29, 1.82) is 5.26 Å². The topological polar surface area (TPSA) is 53.3 Å². The van der Waals surface area contributed by atoms with Gasteiger partial charge in [0.05, 0.1) is 11.6 Å². The van der Waals surface area contributed by atoms with Crippen molar-refractivity contribution in [3.05, 3.63) is 127 Å². The molecule has 0 bridgehead atoms. The van der Waals surface area contributed by atoms with Gasteiger partial charge in [-0.15, -0.1) is 0 Å². The van der Waals surface area contributed by atoms with E-state index in [0.717, 1.165) is 82.9 Å². The summed E-state index contributed by atoms with van der Waals surface area (Å²) in [5.41, 5.74) is 11.5. The van der Waals surface area contributed by atoms with E-state index in [1.165, 1.54) is 0 Å². The van der Waals surface area contributed by atoms with Crippen molar-refractivity contribution in [3.8, 4) is 39.4 Å². The van der Waals surface area contributed by atoms with E-state index in [-0.39, 0.29) is 0 Å². The molecule has 8 aromatic rings. The summed E-state index contributed by atoms with van der Waals surface area (Å²) in [4.78, 5) is 2.03. The Morgan fingerprint density at radius 1 is 0.465 bits per heavy atom. The first-order valence-electron chi connectivity index (χ1n) is 14.3. The molecule has 4 heteroatoms. The molecule has 0 aliphatic heterocycles. The molecule has 0 N–H and O–H groups in total. The zero-order valence-electron chi connectivity index (χ0n) is 23.8. The van der Waals surface area contributed by atoms with Crippen LogP contribution in [0.4, 0.5) is 5.69 Å². The van der Waals surface area contributed by atoms with E-state index in [9.17, 15) is 5.26 Å². The molecule has 2 aromatic heterocycles. The molecule has 0 radical (unpaired) electrons. The minimum atomic E-state index is 0.630. The van der Waals surface area contributed by atoms with Gasteiger partial charge in [0, 0.05) is 41.3 Å². The molecule has 0 fully saturated rings. The average molecular weight is 555 g/mol. The lowest BCUT2D eigenvalue weighted by Crippen LogP contribution is -2.08. The Bertz CT molecular complexity index is 2270. The molecule has 8 rings (SSSR count). The highest BCUT2D eigenvalue weighted by Gasteiger charge is 2.14. The maximum Gasteiger partial charge on any atom is 0.135 e. The number of para-hydroxylation sites is 2. The van der Waals surface area contributed by atoms with E-state index in [1.54, 1.807) is 0 Å². The Morgan fingerprint density at radius 3 is 1.44 bits per heavy atom. The van der Waals surface area contributed by atoms with E-state index < -0.39 is 0 Å². The molecule has 0 unspecified atom stereocenters. The first kappa shape index (κ1) is 25.0. The van der Waals surface area contributed by atoms with E-state index in [2.05, 4.69) is 78.9 Å². The number of hydrogen-bond donors (Lipinski definition) is 0. The van der Waals surface area contributed by atoms with E-state index in [0.29, 0.717) is 5.56 Å². The Morgan fingerprint density at radius 2 is 0.930 bits per heavy atom. The number of anilines is 1. The van der Waals surface area contributed by atoms with Crippen LogP contribution in [0.15, 0.2) is 130 Å². The first-order valence-corrected chi connectivity index (χ1v) is 14.3. The van der Waals surface area contributed by atoms with Gasteiger partial charge < -0.3 is 13.7 Å². The van der Waals surface area contributed by atoms with Crippen LogP contribution in [0.25, 0.3) is 77.3 Å². The molecule has 0 spiro atoms. The molecule has 43 heavy (non-hydrogen) atoms. The Labute approximate surface area is 248 Å². The third kappa shape index (κ3) is 4.22. The van der Waals surface area contributed by atoms with Crippen molar-refractivity contribution < 1.29 is 8.83 Å². The Hall–Kier alpha value is -5.79. The summed E-state index contributed by atoms with van der Waals surface area (Å²) < 4.78 is 12.2. The second-order valence-corrected chi connectivity index (χ2v) is 11.2. The summed E-state index contributed by atoms with van der Waals surface area (Å²) in [6.45, 7) is 0. The van der Waals surface area contributed by atoms with Gasteiger partial charge in [0.1, 0.15) is 22.3 Å². The summed E-state index contributed by atoms with van der Waals surface area (Å²) in [5.74, 6) is 0. The summed E-state index contributed by atoms with van der Waals surface area (Å²) >= 11 is 0. The highest BCUT2D eigenvalue weighted by molar-refractivity contribution is 6.07. The minimum Gasteiger partial charge on any atom is -0.456 e. The van der Waals surface area contributed by atoms with E-state index in [4.69, 9.17) is 8.83 Å². The molecule has 0 aliphatic rings. The summed E-state index contributed by atoms with van der Waals surface area (Å²) in [5, 5.41) is 14.2. The van der Waals surface area contributed by atoms with E-state index >= 15 is 0 Å². The minimum absolute atomic E-state index is 0.630. The van der Waals surface area contributed by atoms with Crippen LogP contribution in [0.2, 0.25) is 0 Å². The maximum absolute atomic E-state index is 9.83. The highest BCUT2D eigenvalue weighted by atomic mass is 16.3. The molecule has 0 saturated heterocycles. The summed E-state index contributed by atoms with van der Waals surface area (Å²) in [6, 6.07) is 44.2. The van der Waals surface area contributed by atoms with E-state index in [1.807, 2.05) is 67.5 Å². The lowest BCUT2D eigenvalue weighted by atomic mass is 9.91. The van der Waals surface area contributed by atoms with Gasteiger partial charge in [-0.05, 0) is 106 Å². The largest absolute Gasteiger partial charge is 0.456 e. The number of nitriles is 1. The lowest BCUT2D eigenvalue weighted by molar-refractivity contribution is 0.668. The lowest BCUT2D eigenvalue weighted by Gasteiger charge is -2.16. The third-order valence-corrected chi connectivity index (χ3v) is 8.25. The number of furan rings is 2. The second kappa shape index (κ2) is 9.65. The maximum atomic E-state index is 9.83. The fourth-order valence-electron chi connectivity index (χ4n) is 6.04. The van der Waals surface area contributed by atoms with Crippen LogP contribution in [0.1, 0.15) is 5.56 Å². The third-order valence-electron chi connectivity index (χ3n) is 8.25. The van der Waals surface area contributed by atoms with Crippen LogP contribution >= 0.6 is 0 Å². The molecule has 4 nitrogen and oxygen atoms in total. The smallest absolute Gasteiger partial charge is 0.135 e. The fraction of sp³-hybridized carbons (Fsp3) is 0.0513. The summed E-state index contributed by atoms with van der Waals surface area (Å²) in [7, 11) is 3.99. The van der Waals surface area contributed by atoms with Gasteiger partial charge in [0.2, 0.25) is 0 Å². The van der Waals surface area contributed by atoms with Crippen molar-refractivity contribution in [2.75, 3.05) is 19.0 Å². The highest BCUT2D eigenvalue weighted by Crippen LogP contribution is 2.39. The predicted molar refractivity (Wildman–Crippen MR) is 176 cm³/mol. The first-order chi connectivity index (χ1) is 21.0. The molecule has 6 aromatic carbocycles. The van der Waals surface area contributed by atoms with Crippen LogP contribution in [0.5, 0.6) is 0 Å². The van der Waals surface area contributed by atoms with Crippen LogP contribution in [-0.2, 0) is 0 Å². The normalized spacial score (nSPS) is 11.5. The molecular formula is C39H26N2O2. The van der Waals surface area contributed by atoms with Gasteiger partial charge in [-0.25, -0.2) is 0 Å². The van der Waals surface area contributed by atoms with Crippen LogP contribution in [0, 0.1) is 11.3 Å². The van der Waals surface area contributed by atoms with Gasteiger partial charge in [-0.2, -0.15) is 5.26 Å². The number of hydrogen-bond acceptors (Lipinski definition) is 4. The zero-order valence-corrected chi connectivity index (χ0v) is 23.8. The molecular weight excluding hydrogens is 528 g/mol. The monoisotopic (exact) mass is 554 g/mol. The summed E-state index contributed by atoms with van der Waals surface area (Å²) in [6.07, 6.45) is 0. The van der Waals surface area contributed by atoms with Gasteiger partial charge in [-0.1, -0.05) is 48.5 Å². The standard InChI is InChI=1S/C39H26N2O2/c1-41(2)31-16-24(23-40)15-27(20-31)30-18-28(25-11-13-38-34(21-25)32-7-3-5-9-36(32)42-38)17-29(19-30)26-12-14-39-35(22-26)33-8-4-6-10-37(33)43-39/h3-22H,1-2H3. The number of rotatable bonds is 4. The molecule has 0 saturated carbocycles. The zero-order chi connectivity index (χ0) is 29.1. The molecule has 0 amide bonds. The molecule has 0 atom stereocenters. The molecule has 204 valence electrons. The number of benzene rings is 6. The number of nitrogens with zero attached hydrogens (tertiary/aromatic N) is 2. The fourth-order valence-corrected chi connectivity index (χ4v) is 6.04. The van der Waals surface area contributed by atoms with Gasteiger partial charge >= 0.3 is 0 Å². The van der Waals surface area contributed by atoms with Gasteiger partial charge in [0.15, 0.2) is 0 Å². The Kier molecular flexibility index (Phi) is 5.60. The predicted octanol–water partition coefficient (Wildman–Crippen LogP) is 10.4. The van der Waals surface area contributed by atoms with Gasteiger partial charge in [0.25, 0.3) is 0 Å². The van der Waals surface area contributed by atoms with Crippen molar-refractivity contribution in [1.82, 2.24) is 0 Å². The average Bonchev–Trinajstić information content (AvgIpc) is 3.61. The SMILES string of the molecule is CN(C)c1cc(C#N)cc(-c2cc(-c3ccc4oc5ccccc5c4c3)cc(-c3ccc4oc5ccccc5c4c3)c2)c1. The molecule has 0 aliphatic carbocycles. The van der Waals surface area contributed by atoms with Crippen molar-refractivity contribution in [2.45, 2.75) is 0 Å². The van der Waals surface area contributed by atoms with Crippen molar-refractivity contribution in [3.63, 3.8) is 0 Å². The second-order valence-electron chi connectivity index (χ2n) is 11.2. The van der Waals surface area contributed by atoms with Crippen LogP contribution < -0.4 is 4.90 Å². The molecule has 2 heterocycles. The van der Waals surface area contributed by atoms with Gasteiger partial charge in [-0.3, -0.25) is 0 Å². The quantitative estimate of drug-likeness (QED) is 0.217. The van der Waals surface area contributed by atoms with Crippen molar-refractivity contribution in [2.24, 2.45) is 0 Å². The Balaban J connectivity index is 1.37. The number of fused-ring (bicyclic) bond motifs is 6. The van der Waals surface area contributed by atoms with Crippen molar-refractivity contribution >= 4 is 49.6 Å². The van der Waals surface area contributed by atoms with Crippen LogP contribution in [0.3, 0.4) is 0 Å². The van der Waals surface area contributed by atoms with Crippen LogP contribution in [-0.4, -0.2) is 14.1 Å².